The minimum atomic E-state index is -0.480. The molecule has 122 valence electrons. The van der Waals surface area contributed by atoms with Crippen LogP contribution in [0, 0.1) is 5.92 Å². The zero-order chi connectivity index (χ0) is 16.4. The first-order chi connectivity index (χ1) is 11.1. The van der Waals surface area contributed by atoms with Gasteiger partial charge in [0.2, 0.25) is 0 Å². The third-order valence-electron chi connectivity index (χ3n) is 4.28. The summed E-state index contributed by atoms with van der Waals surface area (Å²) >= 11 is 1.47. The maximum atomic E-state index is 12.2. The van der Waals surface area contributed by atoms with Crippen LogP contribution >= 0.6 is 11.3 Å². The number of rotatable bonds is 5. The number of amides is 2. The summed E-state index contributed by atoms with van der Waals surface area (Å²) < 4.78 is 5.10. The Bertz CT molecular complexity index is 719. The first-order valence-electron chi connectivity index (χ1n) is 7.89. The normalized spacial score (nSPS) is 16.8. The van der Waals surface area contributed by atoms with Crippen LogP contribution in [-0.4, -0.2) is 11.8 Å². The van der Waals surface area contributed by atoms with Crippen molar-refractivity contribution >= 4 is 28.2 Å². The van der Waals surface area contributed by atoms with E-state index in [9.17, 15) is 9.59 Å². The molecule has 0 radical (unpaired) electrons. The number of primary amides is 1. The Morgan fingerprint density at radius 2 is 2.30 bits per heavy atom. The van der Waals surface area contributed by atoms with Crippen LogP contribution in [0.2, 0.25) is 0 Å². The second kappa shape index (κ2) is 6.58. The van der Waals surface area contributed by atoms with Crippen molar-refractivity contribution in [2.24, 2.45) is 11.7 Å². The molecule has 5 nitrogen and oxygen atoms in total. The molecule has 0 saturated heterocycles. The van der Waals surface area contributed by atoms with Gasteiger partial charge in [0.15, 0.2) is 5.76 Å². The molecule has 2 aromatic rings. The van der Waals surface area contributed by atoms with Gasteiger partial charge in [-0.1, -0.05) is 19.8 Å². The Balaban J connectivity index is 1.88. The highest BCUT2D eigenvalue weighted by Crippen LogP contribution is 2.40. The molecule has 2 amide bonds. The fraction of sp³-hybridized carbons (Fsp3) is 0.412. The van der Waals surface area contributed by atoms with Crippen LogP contribution in [0.15, 0.2) is 22.8 Å². The molecular weight excluding hydrogens is 312 g/mol. The third-order valence-corrected chi connectivity index (χ3v) is 5.45. The van der Waals surface area contributed by atoms with Gasteiger partial charge in [-0.2, -0.15) is 0 Å². The van der Waals surface area contributed by atoms with Crippen molar-refractivity contribution in [2.45, 2.75) is 39.0 Å². The molecule has 1 aliphatic carbocycles. The molecule has 3 rings (SSSR count). The van der Waals surface area contributed by atoms with Crippen LogP contribution in [-0.2, 0) is 12.8 Å². The van der Waals surface area contributed by atoms with E-state index in [4.69, 9.17) is 10.2 Å². The predicted octanol–water partition coefficient (Wildman–Crippen LogP) is 3.60. The van der Waals surface area contributed by atoms with Gasteiger partial charge in [-0.3, -0.25) is 9.59 Å². The van der Waals surface area contributed by atoms with E-state index in [-0.39, 0.29) is 11.7 Å². The summed E-state index contributed by atoms with van der Waals surface area (Å²) in [5, 5.41) is 3.33. The average Bonchev–Trinajstić information content (AvgIpc) is 3.14. The number of anilines is 1. The largest absolute Gasteiger partial charge is 0.459 e. The van der Waals surface area contributed by atoms with Crippen LogP contribution < -0.4 is 11.1 Å². The minimum absolute atomic E-state index is 0.218. The molecule has 1 aliphatic rings. The van der Waals surface area contributed by atoms with Gasteiger partial charge in [-0.15, -0.1) is 11.3 Å². The molecule has 0 fully saturated rings. The lowest BCUT2D eigenvalue weighted by Crippen LogP contribution is -2.19. The van der Waals surface area contributed by atoms with Crippen molar-refractivity contribution in [1.29, 1.82) is 0 Å². The molecule has 2 heterocycles. The number of thiophene rings is 1. The standard InChI is InChI=1S/C17H20N2O3S/c1-2-4-10-6-7-11-13(9-10)23-17(14(11)15(18)20)19-16(21)12-5-3-8-22-12/h3,5,8,10H,2,4,6-7,9H2,1H3,(H2,18,20)(H,19,21). The average molecular weight is 332 g/mol. The molecule has 1 unspecified atom stereocenters. The summed E-state index contributed by atoms with van der Waals surface area (Å²) in [7, 11) is 0. The van der Waals surface area contributed by atoms with Gasteiger partial charge in [0.1, 0.15) is 5.00 Å². The summed E-state index contributed by atoms with van der Waals surface area (Å²) in [5.74, 6) is 0.0311. The van der Waals surface area contributed by atoms with Crippen molar-refractivity contribution in [1.82, 2.24) is 0 Å². The van der Waals surface area contributed by atoms with Crippen LogP contribution in [0.3, 0.4) is 0 Å². The Morgan fingerprint density at radius 1 is 1.48 bits per heavy atom. The van der Waals surface area contributed by atoms with Gasteiger partial charge < -0.3 is 15.5 Å². The Morgan fingerprint density at radius 3 is 2.96 bits per heavy atom. The van der Waals surface area contributed by atoms with Crippen LogP contribution in [0.1, 0.15) is 57.5 Å². The number of nitrogens with two attached hydrogens (primary N) is 1. The third kappa shape index (κ3) is 3.17. The Labute approximate surface area is 138 Å². The van der Waals surface area contributed by atoms with Gasteiger partial charge in [-0.25, -0.2) is 0 Å². The van der Waals surface area contributed by atoms with Gasteiger partial charge >= 0.3 is 0 Å². The van der Waals surface area contributed by atoms with Crippen LogP contribution in [0.5, 0.6) is 0 Å². The molecule has 2 aromatic heterocycles. The van der Waals surface area contributed by atoms with Crippen molar-refractivity contribution < 1.29 is 14.0 Å². The smallest absolute Gasteiger partial charge is 0.291 e. The van der Waals surface area contributed by atoms with Gasteiger partial charge in [0.25, 0.3) is 11.8 Å². The van der Waals surface area contributed by atoms with E-state index in [2.05, 4.69) is 12.2 Å². The predicted molar refractivity (Wildman–Crippen MR) is 89.9 cm³/mol. The minimum Gasteiger partial charge on any atom is -0.459 e. The van der Waals surface area contributed by atoms with Crippen LogP contribution in [0.25, 0.3) is 0 Å². The van der Waals surface area contributed by atoms with E-state index in [0.717, 1.165) is 31.2 Å². The second-order valence-electron chi connectivity index (χ2n) is 5.90. The molecule has 1 atom stereocenters. The Kier molecular flexibility index (Phi) is 4.52. The van der Waals surface area contributed by atoms with Crippen LogP contribution in [0.4, 0.5) is 5.00 Å². The summed E-state index contributed by atoms with van der Waals surface area (Å²) in [6, 6.07) is 3.24. The summed E-state index contributed by atoms with van der Waals surface area (Å²) in [6.07, 6.45) is 6.69. The number of hydrogen-bond acceptors (Lipinski definition) is 4. The van der Waals surface area contributed by atoms with E-state index in [1.165, 1.54) is 28.9 Å². The fourth-order valence-electron chi connectivity index (χ4n) is 3.23. The molecule has 0 saturated carbocycles. The summed E-state index contributed by atoms with van der Waals surface area (Å²) in [5.41, 5.74) is 7.05. The highest BCUT2D eigenvalue weighted by molar-refractivity contribution is 7.17. The van der Waals surface area contributed by atoms with E-state index < -0.39 is 5.91 Å². The SMILES string of the molecule is CCCC1CCc2c(sc(NC(=O)c3ccco3)c2C(N)=O)C1. The zero-order valence-corrected chi connectivity index (χ0v) is 13.9. The molecule has 0 spiro atoms. The van der Waals surface area contributed by atoms with Gasteiger partial charge in [0.05, 0.1) is 11.8 Å². The first-order valence-corrected chi connectivity index (χ1v) is 8.71. The number of nitrogens with one attached hydrogen (secondary N) is 1. The molecule has 0 aliphatic heterocycles. The number of hydrogen-bond donors (Lipinski definition) is 2. The fourth-order valence-corrected chi connectivity index (χ4v) is 4.59. The number of furan rings is 1. The van der Waals surface area contributed by atoms with Gasteiger partial charge in [-0.05, 0) is 42.9 Å². The van der Waals surface area contributed by atoms with Crippen molar-refractivity contribution in [3.63, 3.8) is 0 Å². The maximum Gasteiger partial charge on any atom is 0.291 e. The lowest BCUT2D eigenvalue weighted by atomic mass is 9.84. The topological polar surface area (TPSA) is 85.3 Å². The molecule has 3 N–H and O–H groups in total. The number of carbonyl (C=O) groups excluding carboxylic acids is 2. The second-order valence-corrected chi connectivity index (χ2v) is 7.01. The molecule has 6 heteroatoms. The monoisotopic (exact) mass is 332 g/mol. The lowest BCUT2D eigenvalue weighted by molar-refractivity contribution is 0.0997. The highest BCUT2D eigenvalue weighted by atomic mass is 32.1. The highest BCUT2D eigenvalue weighted by Gasteiger charge is 2.28. The van der Waals surface area contributed by atoms with Crippen molar-refractivity contribution in [3.8, 4) is 0 Å². The molecule has 23 heavy (non-hydrogen) atoms. The first kappa shape index (κ1) is 15.8. The number of carbonyl (C=O) groups is 2. The van der Waals surface area contributed by atoms with E-state index in [1.807, 2.05) is 0 Å². The number of fused-ring (bicyclic) bond motifs is 1. The van der Waals surface area contributed by atoms with Gasteiger partial charge in [0, 0.05) is 4.88 Å². The molecule has 0 aromatic carbocycles. The van der Waals surface area contributed by atoms with Crippen molar-refractivity contribution in [3.05, 3.63) is 40.2 Å². The molecular formula is C17H20N2O3S. The van der Waals surface area contributed by atoms with E-state index >= 15 is 0 Å². The lowest BCUT2D eigenvalue weighted by Gasteiger charge is -2.21. The van der Waals surface area contributed by atoms with Crippen molar-refractivity contribution in [2.75, 3.05) is 5.32 Å². The summed E-state index contributed by atoms with van der Waals surface area (Å²) in [6.45, 7) is 2.19. The van der Waals surface area contributed by atoms with E-state index in [0.29, 0.717) is 16.5 Å². The maximum absolute atomic E-state index is 12.2. The summed E-state index contributed by atoms with van der Waals surface area (Å²) in [4.78, 5) is 25.2. The van der Waals surface area contributed by atoms with E-state index in [1.54, 1.807) is 12.1 Å². The quantitative estimate of drug-likeness (QED) is 0.877. The Hall–Kier alpha value is -2.08. The molecule has 0 bridgehead atoms. The zero-order valence-electron chi connectivity index (χ0n) is 13.1.